The van der Waals surface area contributed by atoms with Crippen LogP contribution in [-0.4, -0.2) is 22.5 Å². The smallest absolute Gasteiger partial charge is 0.354 e. The van der Waals surface area contributed by atoms with Crippen LogP contribution in [0.4, 0.5) is 4.39 Å². The highest BCUT2D eigenvalue weighted by atomic mass is 19.1. The van der Waals surface area contributed by atoms with Gasteiger partial charge in [0, 0.05) is 0 Å². The summed E-state index contributed by atoms with van der Waals surface area (Å²) in [6, 6.07) is 9.41. The fraction of sp³-hybridized carbons (Fsp3) is 0.200. The first-order valence-corrected chi connectivity index (χ1v) is 8.05. The van der Waals surface area contributed by atoms with Gasteiger partial charge in [-0.2, -0.15) is 0 Å². The first-order chi connectivity index (χ1) is 12.3. The van der Waals surface area contributed by atoms with E-state index in [1.54, 1.807) is 31.2 Å². The zero-order valence-corrected chi connectivity index (χ0v) is 14.1. The van der Waals surface area contributed by atoms with E-state index in [2.05, 4.69) is 0 Å². The molecule has 0 radical (unpaired) electrons. The number of ether oxygens (including phenoxy) is 1. The Bertz CT molecular complexity index is 1050. The summed E-state index contributed by atoms with van der Waals surface area (Å²) in [5, 5.41) is 10.1. The molecule has 1 N–H and O–H groups in total. The molecular formula is C20H15FO5. The average molecular weight is 354 g/mol. The van der Waals surface area contributed by atoms with Gasteiger partial charge >= 0.3 is 11.6 Å². The summed E-state index contributed by atoms with van der Waals surface area (Å²) in [6.45, 7) is 3.62. The van der Waals surface area contributed by atoms with E-state index in [1.807, 2.05) is 6.92 Å². The van der Waals surface area contributed by atoms with Gasteiger partial charge in [0.1, 0.15) is 11.3 Å². The van der Waals surface area contributed by atoms with Crippen molar-refractivity contribution < 1.29 is 28.2 Å². The number of aliphatic carboxylic acids is 1. The second-order valence-electron chi connectivity index (χ2n) is 6.49. The number of benzene rings is 2. The average Bonchev–Trinajstić information content (AvgIpc) is 3.00. The maximum atomic E-state index is 15.5. The number of furan rings is 1. The lowest BCUT2D eigenvalue weighted by Gasteiger charge is -2.35. The summed E-state index contributed by atoms with van der Waals surface area (Å²) in [5.74, 6) is -2.85. The molecule has 4 rings (SSSR count). The molecule has 132 valence electrons. The van der Waals surface area contributed by atoms with E-state index in [1.165, 1.54) is 18.4 Å². The van der Waals surface area contributed by atoms with Crippen LogP contribution < -0.4 is 4.74 Å². The highest BCUT2D eigenvalue weighted by Gasteiger charge is 2.59. The van der Waals surface area contributed by atoms with Gasteiger partial charge in [-0.3, -0.25) is 4.79 Å². The standard InChI is InChI=1S/C20H15FO5/c1-10-3-5-12(6-4-10)18-20(21,19(23)24)17(22)13-7-8-14-15(16(13)26-18)11(2)9-25-14/h3-9,18H,1-2H3,(H,23,24). The van der Waals surface area contributed by atoms with Crippen molar-refractivity contribution in [3.05, 3.63) is 64.9 Å². The second kappa shape index (κ2) is 5.42. The van der Waals surface area contributed by atoms with Crippen molar-refractivity contribution >= 4 is 22.7 Å². The normalized spacial score (nSPS) is 22.1. The fourth-order valence-electron chi connectivity index (χ4n) is 3.31. The van der Waals surface area contributed by atoms with Crippen LogP contribution in [0.15, 0.2) is 47.1 Å². The molecule has 0 amide bonds. The third-order valence-electron chi connectivity index (χ3n) is 4.74. The number of ketones is 1. The maximum absolute atomic E-state index is 15.5. The van der Waals surface area contributed by atoms with Crippen molar-refractivity contribution in [2.24, 2.45) is 0 Å². The van der Waals surface area contributed by atoms with E-state index in [4.69, 9.17) is 9.15 Å². The third-order valence-corrected chi connectivity index (χ3v) is 4.74. The molecule has 1 aromatic heterocycles. The predicted molar refractivity (Wildman–Crippen MR) is 91.3 cm³/mol. The quantitative estimate of drug-likeness (QED) is 0.699. The number of carboxylic acid groups (broad SMARTS) is 1. The molecule has 3 aromatic rings. The van der Waals surface area contributed by atoms with Gasteiger partial charge in [-0.25, -0.2) is 9.18 Å². The maximum Gasteiger partial charge on any atom is 0.354 e. The Morgan fingerprint density at radius 2 is 1.85 bits per heavy atom. The zero-order valence-electron chi connectivity index (χ0n) is 14.1. The number of aryl methyl sites for hydroxylation is 2. The SMILES string of the molecule is Cc1ccc(C2Oc3c(ccc4occ(C)c34)C(=O)C2(F)C(=O)O)cc1. The minimum Gasteiger partial charge on any atom is -0.480 e. The van der Waals surface area contributed by atoms with E-state index in [9.17, 15) is 14.7 Å². The van der Waals surface area contributed by atoms with Crippen molar-refractivity contribution in [3.8, 4) is 5.75 Å². The Kier molecular flexibility index (Phi) is 3.41. The van der Waals surface area contributed by atoms with Crippen LogP contribution in [0.3, 0.4) is 0 Å². The van der Waals surface area contributed by atoms with Gasteiger partial charge in [0.05, 0.1) is 17.2 Å². The van der Waals surface area contributed by atoms with Gasteiger partial charge in [-0.1, -0.05) is 29.8 Å². The number of carbonyl (C=O) groups excluding carboxylic acids is 1. The molecule has 2 unspecified atom stereocenters. The highest BCUT2D eigenvalue weighted by Crippen LogP contribution is 2.47. The molecule has 0 spiro atoms. The van der Waals surface area contributed by atoms with Crippen molar-refractivity contribution in [3.63, 3.8) is 0 Å². The van der Waals surface area contributed by atoms with Crippen molar-refractivity contribution in [1.29, 1.82) is 0 Å². The zero-order chi connectivity index (χ0) is 18.6. The Balaban J connectivity index is 1.99. The number of fused-ring (bicyclic) bond motifs is 3. The Hall–Kier alpha value is -3.15. The van der Waals surface area contributed by atoms with Gasteiger partial charge in [-0.05, 0) is 37.1 Å². The molecule has 5 nitrogen and oxygen atoms in total. The minimum atomic E-state index is -3.21. The summed E-state index contributed by atoms with van der Waals surface area (Å²) in [6.07, 6.45) is -0.0887. The Morgan fingerprint density at radius 3 is 2.50 bits per heavy atom. The van der Waals surface area contributed by atoms with Crippen LogP contribution in [0, 0.1) is 13.8 Å². The molecule has 2 aromatic carbocycles. The Labute approximate surface area is 148 Å². The van der Waals surface area contributed by atoms with Gasteiger partial charge in [0.15, 0.2) is 6.10 Å². The summed E-state index contributed by atoms with van der Waals surface area (Å²) in [7, 11) is 0. The number of carboxylic acids is 1. The number of alkyl halides is 1. The molecule has 0 aliphatic carbocycles. The fourth-order valence-corrected chi connectivity index (χ4v) is 3.31. The van der Waals surface area contributed by atoms with E-state index < -0.39 is 23.5 Å². The van der Waals surface area contributed by atoms with Crippen molar-refractivity contribution in [1.82, 2.24) is 0 Å². The number of hydrogen-bond acceptors (Lipinski definition) is 4. The van der Waals surface area contributed by atoms with Crippen LogP contribution in [0.1, 0.15) is 33.2 Å². The van der Waals surface area contributed by atoms with Crippen LogP contribution in [0.25, 0.3) is 11.0 Å². The number of halogens is 1. The van der Waals surface area contributed by atoms with Crippen LogP contribution in [0.5, 0.6) is 5.75 Å². The molecule has 2 heterocycles. The number of carbonyl (C=O) groups is 2. The van der Waals surface area contributed by atoms with E-state index in [-0.39, 0.29) is 16.9 Å². The van der Waals surface area contributed by atoms with Gasteiger partial charge in [0.25, 0.3) is 0 Å². The largest absolute Gasteiger partial charge is 0.480 e. The van der Waals surface area contributed by atoms with Crippen LogP contribution in [0.2, 0.25) is 0 Å². The van der Waals surface area contributed by atoms with Gasteiger partial charge in [-0.15, -0.1) is 0 Å². The first kappa shape index (κ1) is 16.3. The lowest BCUT2D eigenvalue weighted by Crippen LogP contribution is -2.52. The summed E-state index contributed by atoms with van der Waals surface area (Å²) >= 11 is 0. The van der Waals surface area contributed by atoms with E-state index in [0.29, 0.717) is 16.5 Å². The van der Waals surface area contributed by atoms with Crippen molar-refractivity contribution in [2.45, 2.75) is 25.6 Å². The number of hydrogen-bond donors (Lipinski definition) is 1. The van der Waals surface area contributed by atoms with Crippen LogP contribution >= 0.6 is 0 Å². The third kappa shape index (κ3) is 2.08. The predicted octanol–water partition coefficient (Wildman–Crippen LogP) is 4.16. The minimum absolute atomic E-state index is 0.102. The molecule has 2 atom stereocenters. The summed E-state index contributed by atoms with van der Waals surface area (Å²) in [4.78, 5) is 24.6. The second-order valence-corrected chi connectivity index (χ2v) is 6.49. The molecule has 0 fully saturated rings. The number of Topliss-reactive ketones (excluding diaryl/α,β-unsaturated/α-hetero) is 1. The monoisotopic (exact) mass is 354 g/mol. The van der Waals surface area contributed by atoms with Crippen molar-refractivity contribution in [2.75, 3.05) is 0 Å². The lowest BCUT2D eigenvalue weighted by molar-refractivity contribution is -0.154. The first-order valence-electron chi connectivity index (χ1n) is 8.05. The molecule has 0 bridgehead atoms. The van der Waals surface area contributed by atoms with E-state index >= 15 is 4.39 Å². The highest BCUT2D eigenvalue weighted by molar-refractivity contribution is 6.19. The molecule has 0 saturated heterocycles. The van der Waals surface area contributed by atoms with Gasteiger partial charge in [0.2, 0.25) is 5.78 Å². The van der Waals surface area contributed by atoms with E-state index in [0.717, 1.165) is 5.56 Å². The summed E-state index contributed by atoms with van der Waals surface area (Å²) in [5.41, 5.74) is -0.919. The molecule has 26 heavy (non-hydrogen) atoms. The lowest BCUT2D eigenvalue weighted by atomic mass is 9.82. The molecule has 1 aliphatic heterocycles. The van der Waals surface area contributed by atoms with Crippen LogP contribution in [-0.2, 0) is 4.79 Å². The molecule has 0 saturated carbocycles. The Morgan fingerprint density at radius 1 is 1.15 bits per heavy atom. The number of rotatable bonds is 2. The van der Waals surface area contributed by atoms with Gasteiger partial charge < -0.3 is 14.3 Å². The topological polar surface area (TPSA) is 76.7 Å². The molecule has 1 aliphatic rings. The summed E-state index contributed by atoms with van der Waals surface area (Å²) < 4.78 is 26.8. The molecular weight excluding hydrogens is 339 g/mol. The molecule has 6 heteroatoms.